The van der Waals surface area contributed by atoms with Gasteiger partial charge in [0.2, 0.25) is 0 Å². The second-order valence-corrected chi connectivity index (χ2v) is 8.36. The summed E-state index contributed by atoms with van der Waals surface area (Å²) in [5, 5.41) is 3.24. The quantitative estimate of drug-likeness (QED) is 0.509. The summed E-state index contributed by atoms with van der Waals surface area (Å²) < 4.78 is 5.48. The highest BCUT2D eigenvalue weighted by atomic mass is 16.5. The fourth-order valence-corrected chi connectivity index (χ4v) is 4.15. The molecule has 0 fully saturated rings. The second-order valence-electron chi connectivity index (χ2n) is 8.36. The zero-order chi connectivity index (χ0) is 23.7. The number of imide groups is 1. The van der Waals surface area contributed by atoms with Crippen LogP contribution >= 0.6 is 0 Å². The number of nitrogens with one attached hydrogen (secondary N) is 1. The first-order chi connectivity index (χ1) is 15.8. The van der Waals surface area contributed by atoms with Crippen molar-refractivity contribution in [3.63, 3.8) is 0 Å². The zero-order valence-corrected chi connectivity index (χ0v) is 19.7. The smallest absolute Gasteiger partial charge is 0.282 e. The molecule has 0 saturated carbocycles. The van der Waals surface area contributed by atoms with Crippen LogP contribution in [0.5, 0.6) is 5.75 Å². The van der Waals surface area contributed by atoms with Gasteiger partial charge in [-0.2, -0.15) is 0 Å². The van der Waals surface area contributed by atoms with E-state index in [-0.39, 0.29) is 11.6 Å². The molecular formula is C28H28N2O3. The lowest BCUT2D eigenvalue weighted by Crippen LogP contribution is -2.32. The number of nitrogens with zero attached hydrogens (tertiary/aromatic N) is 1. The second kappa shape index (κ2) is 8.94. The molecule has 0 bridgehead atoms. The summed E-state index contributed by atoms with van der Waals surface area (Å²) in [7, 11) is 1.53. The van der Waals surface area contributed by atoms with Crippen LogP contribution in [0.3, 0.4) is 0 Å². The van der Waals surface area contributed by atoms with Gasteiger partial charge in [-0.3, -0.25) is 9.59 Å². The van der Waals surface area contributed by atoms with E-state index >= 15 is 0 Å². The summed E-state index contributed by atoms with van der Waals surface area (Å²) in [6, 6.07) is 19.2. The summed E-state index contributed by atoms with van der Waals surface area (Å²) >= 11 is 0. The van der Waals surface area contributed by atoms with E-state index in [0.29, 0.717) is 17.0 Å². The number of aryl methyl sites for hydroxylation is 4. The minimum absolute atomic E-state index is 0.264. The molecule has 0 spiro atoms. The standard InChI is InChI=1S/C28H28N2O3/c1-6-20-9-11-21(12-10-20)29-26-25(22-13-7-17(2)15-19(22)4)27(31)30(28(26)32)23-16-18(3)8-14-24(23)33-5/h7-16,29H,6H2,1-5H3. The van der Waals surface area contributed by atoms with Gasteiger partial charge < -0.3 is 10.1 Å². The third-order valence-corrected chi connectivity index (χ3v) is 5.94. The molecule has 5 nitrogen and oxygen atoms in total. The summed E-state index contributed by atoms with van der Waals surface area (Å²) in [5.74, 6) is -0.308. The number of hydrogen-bond acceptors (Lipinski definition) is 4. The molecule has 0 aliphatic carbocycles. The molecule has 33 heavy (non-hydrogen) atoms. The number of anilines is 2. The molecule has 0 radical (unpaired) electrons. The predicted molar refractivity (Wildman–Crippen MR) is 133 cm³/mol. The molecule has 0 unspecified atom stereocenters. The SMILES string of the molecule is CCc1ccc(NC2=C(c3ccc(C)cc3C)C(=O)N(c3cc(C)ccc3OC)C2=O)cc1. The first-order valence-electron chi connectivity index (χ1n) is 11.0. The van der Waals surface area contributed by atoms with Crippen LogP contribution < -0.4 is 15.0 Å². The Bertz CT molecular complexity index is 1270. The minimum Gasteiger partial charge on any atom is -0.495 e. The van der Waals surface area contributed by atoms with Gasteiger partial charge in [0.05, 0.1) is 18.4 Å². The van der Waals surface area contributed by atoms with Crippen molar-refractivity contribution >= 4 is 28.8 Å². The summed E-state index contributed by atoms with van der Waals surface area (Å²) in [4.78, 5) is 28.7. The predicted octanol–water partition coefficient (Wildman–Crippen LogP) is 5.58. The number of rotatable bonds is 6. The molecule has 0 atom stereocenters. The van der Waals surface area contributed by atoms with E-state index in [4.69, 9.17) is 4.74 Å². The van der Waals surface area contributed by atoms with Crippen LogP contribution in [0.25, 0.3) is 5.57 Å². The van der Waals surface area contributed by atoms with Gasteiger partial charge >= 0.3 is 0 Å². The van der Waals surface area contributed by atoms with Gasteiger partial charge in [-0.25, -0.2) is 4.90 Å². The van der Waals surface area contributed by atoms with E-state index < -0.39 is 5.91 Å². The van der Waals surface area contributed by atoms with E-state index in [1.165, 1.54) is 17.6 Å². The fourth-order valence-electron chi connectivity index (χ4n) is 4.15. The average molecular weight is 441 g/mol. The summed E-state index contributed by atoms with van der Waals surface area (Å²) in [6.45, 7) is 7.97. The van der Waals surface area contributed by atoms with E-state index in [0.717, 1.165) is 34.4 Å². The molecule has 1 aliphatic rings. The maximum Gasteiger partial charge on any atom is 0.282 e. The highest BCUT2D eigenvalue weighted by molar-refractivity contribution is 6.46. The number of hydrogen-bond donors (Lipinski definition) is 1. The number of carbonyl (C=O) groups is 2. The lowest BCUT2D eigenvalue weighted by atomic mass is 9.97. The van der Waals surface area contributed by atoms with Crippen molar-refractivity contribution in [1.82, 2.24) is 0 Å². The monoisotopic (exact) mass is 440 g/mol. The van der Waals surface area contributed by atoms with Gasteiger partial charge in [0.15, 0.2) is 0 Å². The fraction of sp³-hybridized carbons (Fsp3) is 0.214. The van der Waals surface area contributed by atoms with E-state index in [1.54, 1.807) is 12.1 Å². The molecule has 168 valence electrons. The van der Waals surface area contributed by atoms with Crippen LogP contribution in [0.4, 0.5) is 11.4 Å². The number of methoxy groups -OCH3 is 1. The zero-order valence-electron chi connectivity index (χ0n) is 19.7. The van der Waals surface area contributed by atoms with Gasteiger partial charge in [0.1, 0.15) is 11.4 Å². The molecule has 3 aromatic carbocycles. The van der Waals surface area contributed by atoms with E-state index in [2.05, 4.69) is 12.2 Å². The third kappa shape index (κ3) is 4.14. The molecule has 1 N–H and O–H groups in total. The van der Waals surface area contributed by atoms with Crippen LogP contribution in [-0.4, -0.2) is 18.9 Å². The van der Waals surface area contributed by atoms with Crippen molar-refractivity contribution < 1.29 is 14.3 Å². The van der Waals surface area contributed by atoms with Gasteiger partial charge in [0.25, 0.3) is 11.8 Å². The Morgan fingerprint density at radius 3 is 2.15 bits per heavy atom. The summed E-state index contributed by atoms with van der Waals surface area (Å²) in [6.07, 6.45) is 0.926. The molecule has 1 heterocycles. The first-order valence-corrected chi connectivity index (χ1v) is 11.0. The van der Waals surface area contributed by atoms with Crippen molar-refractivity contribution in [3.8, 4) is 5.75 Å². The largest absolute Gasteiger partial charge is 0.495 e. The summed E-state index contributed by atoms with van der Waals surface area (Å²) in [5.41, 5.74) is 6.71. The van der Waals surface area contributed by atoms with Crippen LogP contribution in [0.1, 0.15) is 34.7 Å². The molecule has 5 heteroatoms. The lowest BCUT2D eigenvalue weighted by molar-refractivity contribution is -0.120. The number of amides is 2. The Labute approximate surface area is 194 Å². The molecule has 4 rings (SSSR count). The maximum atomic E-state index is 13.8. The number of benzene rings is 3. The van der Waals surface area contributed by atoms with E-state index in [1.807, 2.05) is 69.3 Å². The number of ether oxygens (including phenoxy) is 1. The third-order valence-electron chi connectivity index (χ3n) is 5.94. The average Bonchev–Trinajstić information content (AvgIpc) is 3.03. The van der Waals surface area contributed by atoms with Crippen molar-refractivity contribution in [2.24, 2.45) is 0 Å². The minimum atomic E-state index is -0.404. The molecule has 0 aromatic heterocycles. The number of carbonyl (C=O) groups excluding carboxylic acids is 2. The molecule has 0 saturated heterocycles. The molecule has 3 aromatic rings. The lowest BCUT2D eigenvalue weighted by Gasteiger charge is -2.19. The Morgan fingerprint density at radius 1 is 0.848 bits per heavy atom. The molecule has 1 aliphatic heterocycles. The highest BCUT2D eigenvalue weighted by Crippen LogP contribution is 2.39. The molecular weight excluding hydrogens is 412 g/mol. The maximum absolute atomic E-state index is 13.8. The molecule has 2 amide bonds. The van der Waals surface area contributed by atoms with Crippen molar-refractivity contribution in [3.05, 3.63) is 94.2 Å². The van der Waals surface area contributed by atoms with Crippen molar-refractivity contribution in [2.75, 3.05) is 17.3 Å². The van der Waals surface area contributed by atoms with Crippen molar-refractivity contribution in [1.29, 1.82) is 0 Å². The topological polar surface area (TPSA) is 58.6 Å². The van der Waals surface area contributed by atoms with Gasteiger partial charge in [-0.1, -0.05) is 48.9 Å². The van der Waals surface area contributed by atoms with Gasteiger partial charge in [-0.15, -0.1) is 0 Å². The highest BCUT2D eigenvalue weighted by Gasteiger charge is 2.42. The van der Waals surface area contributed by atoms with Crippen LogP contribution in [0.2, 0.25) is 0 Å². The first kappa shape index (κ1) is 22.3. The Morgan fingerprint density at radius 2 is 1.52 bits per heavy atom. The van der Waals surface area contributed by atoms with Crippen molar-refractivity contribution in [2.45, 2.75) is 34.1 Å². The Balaban J connectivity index is 1.87. The van der Waals surface area contributed by atoms with Crippen LogP contribution in [-0.2, 0) is 16.0 Å². The van der Waals surface area contributed by atoms with Crippen LogP contribution in [0, 0.1) is 20.8 Å². The van der Waals surface area contributed by atoms with Crippen LogP contribution in [0.15, 0.2) is 66.4 Å². The Kier molecular flexibility index (Phi) is 6.05. The van der Waals surface area contributed by atoms with E-state index in [9.17, 15) is 9.59 Å². The Hall–Kier alpha value is -3.86. The van der Waals surface area contributed by atoms with Gasteiger partial charge in [0, 0.05) is 5.69 Å². The van der Waals surface area contributed by atoms with Gasteiger partial charge in [-0.05, 0) is 73.7 Å². The normalized spacial score (nSPS) is 13.7.